The number of likely N-dealkylation sites (tertiary alicyclic amines) is 1. The first-order chi connectivity index (χ1) is 13.0. The molecule has 1 atom stereocenters. The first kappa shape index (κ1) is 19.4. The van der Waals surface area contributed by atoms with Gasteiger partial charge in [0.15, 0.2) is 0 Å². The third-order valence-corrected chi connectivity index (χ3v) is 5.06. The zero-order chi connectivity index (χ0) is 19.2. The predicted octanol–water partition coefficient (Wildman–Crippen LogP) is 1.96. The summed E-state index contributed by atoms with van der Waals surface area (Å²) in [4.78, 5) is 39.2. The van der Waals surface area contributed by atoms with Gasteiger partial charge in [-0.25, -0.2) is 0 Å². The van der Waals surface area contributed by atoms with Gasteiger partial charge in [0.1, 0.15) is 12.6 Å². The molecule has 2 heterocycles. The molecule has 1 N–H and O–H groups in total. The lowest BCUT2D eigenvalue weighted by molar-refractivity contribution is -0.135. The molecule has 7 heteroatoms. The van der Waals surface area contributed by atoms with Crippen molar-refractivity contribution in [2.24, 2.45) is 0 Å². The molecule has 0 saturated carbocycles. The second-order valence-electron chi connectivity index (χ2n) is 6.66. The van der Waals surface area contributed by atoms with Gasteiger partial charge in [-0.1, -0.05) is 30.3 Å². The summed E-state index contributed by atoms with van der Waals surface area (Å²) < 4.78 is 2.03. The Hall–Kier alpha value is -2.41. The summed E-state index contributed by atoms with van der Waals surface area (Å²) in [7, 11) is 0. The second-order valence-corrected chi connectivity index (χ2v) is 7.57. The van der Waals surface area contributed by atoms with Crippen molar-refractivity contribution in [1.29, 1.82) is 0 Å². The van der Waals surface area contributed by atoms with E-state index in [-0.39, 0.29) is 23.9 Å². The van der Waals surface area contributed by atoms with Crippen LogP contribution >= 0.6 is 15.9 Å². The lowest BCUT2D eigenvalue weighted by Crippen LogP contribution is -2.50. The van der Waals surface area contributed by atoms with Crippen LogP contribution < -0.4 is 10.9 Å². The molecule has 0 radical (unpaired) electrons. The minimum absolute atomic E-state index is 0.0636. The van der Waals surface area contributed by atoms with Crippen LogP contribution in [0, 0.1) is 0 Å². The predicted molar refractivity (Wildman–Crippen MR) is 106 cm³/mol. The lowest BCUT2D eigenvalue weighted by Gasteiger charge is -2.24. The fourth-order valence-electron chi connectivity index (χ4n) is 3.23. The van der Waals surface area contributed by atoms with E-state index >= 15 is 0 Å². The summed E-state index contributed by atoms with van der Waals surface area (Å²) in [5.74, 6) is -0.421. The third-order valence-electron chi connectivity index (χ3n) is 4.60. The maximum absolute atomic E-state index is 12.9. The highest BCUT2D eigenvalue weighted by molar-refractivity contribution is 9.10. The highest BCUT2D eigenvalue weighted by Crippen LogP contribution is 2.12. The minimum atomic E-state index is -0.638. The van der Waals surface area contributed by atoms with Crippen LogP contribution in [0.3, 0.4) is 0 Å². The number of hydrogen-bond donors (Lipinski definition) is 1. The third kappa shape index (κ3) is 5.29. The Morgan fingerprint density at radius 2 is 1.78 bits per heavy atom. The van der Waals surface area contributed by atoms with Crippen molar-refractivity contribution in [3.8, 4) is 0 Å². The molecule has 1 aliphatic rings. The van der Waals surface area contributed by atoms with Crippen LogP contribution in [-0.4, -0.2) is 40.4 Å². The van der Waals surface area contributed by atoms with E-state index < -0.39 is 6.04 Å². The zero-order valence-corrected chi connectivity index (χ0v) is 16.5. The molecule has 1 unspecified atom stereocenters. The van der Waals surface area contributed by atoms with Crippen molar-refractivity contribution in [3.05, 3.63) is 69.1 Å². The van der Waals surface area contributed by atoms with Crippen LogP contribution in [0.25, 0.3) is 0 Å². The maximum Gasteiger partial charge on any atom is 0.251 e. The number of carbonyl (C=O) groups is 2. The van der Waals surface area contributed by atoms with Gasteiger partial charge in [0.2, 0.25) is 11.8 Å². The summed E-state index contributed by atoms with van der Waals surface area (Å²) in [6, 6.07) is 12.0. The van der Waals surface area contributed by atoms with Crippen molar-refractivity contribution in [1.82, 2.24) is 14.8 Å². The van der Waals surface area contributed by atoms with E-state index in [9.17, 15) is 14.4 Å². The molecule has 0 aliphatic carbocycles. The molecule has 142 valence electrons. The maximum atomic E-state index is 12.9. The summed E-state index contributed by atoms with van der Waals surface area (Å²) in [6.07, 6.45) is 3.97. The number of nitrogens with one attached hydrogen (secondary N) is 1. The molecular weight excluding hydrogens is 410 g/mol. The number of pyridine rings is 1. The Morgan fingerprint density at radius 3 is 2.48 bits per heavy atom. The lowest BCUT2D eigenvalue weighted by atomic mass is 10.0. The standard InChI is InChI=1S/C20H22BrN3O3/c21-16-8-9-19(26)24(13-16)14-18(25)22-17(12-15-6-2-1-3-7-15)20(27)23-10-4-5-11-23/h1-3,6-9,13,17H,4-5,10-12,14H2,(H,22,25). The summed E-state index contributed by atoms with van der Waals surface area (Å²) >= 11 is 3.30. The average molecular weight is 432 g/mol. The Kier molecular flexibility index (Phi) is 6.45. The number of carbonyl (C=O) groups excluding carboxylic acids is 2. The number of aromatic nitrogens is 1. The number of amides is 2. The van der Waals surface area contributed by atoms with Crippen LogP contribution in [-0.2, 0) is 22.6 Å². The Bertz CT molecular complexity index is 860. The van der Waals surface area contributed by atoms with Crippen molar-refractivity contribution < 1.29 is 9.59 Å². The smallest absolute Gasteiger partial charge is 0.251 e. The molecule has 2 aromatic rings. The van der Waals surface area contributed by atoms with Crippen LogP contribution in [0.4, 0.5) is 0 Å². The Balaban J connectivity index is 1.73. The van der Waals surface area contributed by atoms with Crippen LogP contribution in [0.2, 0.25) is 0 Å². The van der Waals surface area contributed by atoms with Crippen molar-refractivity contribution in [3.63, 3.8) is 0 Å². The molecule has 6 nitrogen and oxygen atoms in total. The first-order valence-electron chi connectivity index (χ1n) is 9.01. The summed E-state index contributed by atoms with van der Waals surface area (Å²) in [5, 5.41) is 2.83. The van der Waals surface area contributed by atoms with Gasteiger partial charge in [0.05, 0.1) is 0 Å². The van der Waals surface area contributed by atoms with Crippen molar-refractivity contribution in [2.75, 3.05) is 13.1 Å². The number of benzene rings is 1. The van der Waals surface area contributed by atoms with E-state index in [1.54, 1.807) is 17.2 Å². The molecular formula is C20H22BrN3O3. The fraction of sp³-hybridized carbons (Fsp3) is 0.350. The van der Waals surface area contributed by atoms with Gasteiger partial charge < -0.3 is 14.8 Å². The van der Waals surface area contributed by atoms with E-state index in [0.717, 1.165) is 31.5 Å². The van der Waals surface area contributed by atoms with E-state index in [2.05, 4.69) is 21.2 Å². The van der Waals surface area contributed by atoms with Gasteiger partial charge in [0.25, 0.3) is 5.56 Å². The Morgan fingerprint density at radius 1 is 1.07 bits per heavy atom. The molecule has 1 aliphatic heterocycles. The first-order valence-corrected chi connectivity index (χ1v) is 9.80. The largest absolute Gasteiger partial charge is 0.342 e. The number of hydrogen-bond acceptors (Lipinski definition) is 3. The van der Waals surface area contributed by atoms with Crippen LogP contribution in [0.5, 0.6) is 0 Å². The number of nitrogens with zero attached hydrogens (tertiary/aromatic N) is 2. The monoisotopic (exact) mass is 431 g/mol. The summed E-state index contributed by atoms with van der Waals surface area (Å²) in [6.45, 7) is 1.33. The van der Waals surface area contributed by atoms with Gasteiger partial charge >= 0.3 is 0 Å². The molecule has 27 heavy (non-hydrogen) atoms. The van der Waals surface area contributed by atoms with Crippen molar-refractivity contribution in [2.45, 2.75) is 31.8 Å². The van der Waals surface area contributed by atoms with E-state index in [4.69, 9.17) is 0 Å². The molecule has 0 bridgehead atoms. The van der Waals surface area contributed by atoms with E-state index in [1.807, 2.05) is 30.3 Å². The topological polar surface area (TPSA) is 71.4 Å². The molecule has 1 saturated heterocycles. The van der Waals surface area contributed by atoms with E-state index in [0.29, 0.717) is 10.9 Å². The average Bonchev–Trinajstić information content (AvgIpc) is 3.19. The van der Waals surface area contributed by atoms with Gasteiger partial charge in [-0.2, -0.15) is 0 Å². The summed E-state index contributed by atoms with van der Waals surface area (Å²) in [5.41, 5.74) is 0.716. The number of rotatable bonds is 6. The number of halogens is 1. The normalized spacial score (nSPS) is 14.8. The van der Waals surface area contributed by atoms with E-state index in [1.165, 1.54) is 10.6 Å². The second kappa shape index (κ2) is 8.99. The van der Waals surface area contributed by atoms with Gasteiger partial charge in [0, 0.05) is 36.2 Å². The molecule has 1 aromatic heterocycles. The minimum Gasteiger partial charge on any atom is -0.342 e. The van der Waals surface area contributed by atoms with Gasteiger partial charge in [-0.05, 0) is 40.4 Å². The molecule has 1 aromatic carbocycles. The quantitative estimate of drug-likeness (QED) is 0.759. The highest BCUT2D eigenvalue weighted by Gasteiger charge is 2.28. The molecule has 0 spiro atoms. The van der Waals surface area contributed by atoms with Gasteiger partial charge in [-0.15, -0.1) is 0 Å². The zero-order valence-electron chi connectivity index (χ0n) is 14.9. The molecule has 3 rings (SSSR count). The molecule has 1 fully saturated rings. The molecule has 2 amide bonds. The van der Waals surface area contributed by atoms with Crippen molar-refractivity contribution >= 4 is 27.7 Å². The SMILES string of the molecule is O=C(Cn1cc(Br)ccc1=O)NC(Cc1ccccc1)C(=O)N1CCCC1. The Labute approximate surface area is 166 Å². The van der Waals surface area contributed by atoms with Gasteiger partial charge in [-0.3, -0.25) is 14.4 Å². The highest BCUT2D eigenvalue weighted by atomic mass is 79.9. The fourth-order valence-corrected chi connectivity index (χ4v) is 3.61. The van der Waals surface area contributed by atoms with Crippen LogP contribution in [0.15, 0.2) is 57.9 Å². The van der Waals surface area contributed by atoms with Crippen LogP contribution in [0.1, 0.15) is 18.4 Å².